The van der Waals surface area contributed by atoms with Crippen molar-refractivity contribution in [1.29, 1.82) is 0 Å². The number of hydrogen-bond acceptors (Lipinski definition) is 1. The Bertz CT molecular complexity index is 1640. The summed E-state index contributed by atoms with van der Waals surface area (Å²) in [4.78, 5) is 0. The Labute approximate surface area is 227 Å². The van der Waals surface area contributed by atoms with Gasteiger partial charge < -0.3 is 9.88 Å². The van der Waals surface area contributed by atoms with Gasteiger partial charge in [0, 0.05) is 42.1 Å². The molecule has 0 aliphatic carbocycles. The first kappa shape index (κ1) is 25.6. The lowest BCUT2D eigenvalue weighted by molar-refractivity contribution is 0.591. The zero-order chi connectivity index (χ0) is 26.9. The fourth-order valence-corrected chi connectivity index (χ4v) is 5.37. The summed E-state index contributed by atoms with van der Waals surface area (Å²) < 4.78 is 2.38. The van der Waals surface area contributed by atoms with Crippen molar-refractivity contribution in [2.75, 3.05) is 7.05 Å². The molecule has 5 rings (SSSR count). The molecule has 0 amide bonds. The highest BCUT2D eigenvalue weighted by molar-refractivity contribution is 6.13. The number of aromatic nitrogens is 1. The lowest BCUT2D eigenvalue weighted by atomic mass is 9.84. The van der Waals surface area contributed by atoms with Gasteiger partial charge in [-0.25, -0.2) is 0 Å². The van der Waals surface area contributed by atoms with Crippen LogP contribution >= 0.6 is 0 Å². The second-order valence-corrected chi connectivity index (χ2v) is 11.3. The SMILES string of the molecule is CN/C=C(\C=C/Cc1cc2c3cc(C(C)(C)C)cc(-c4ccccc4)c3n(C)c2cc1C)c1ccccc1. The van der Waals surface area contributed by atoms with E-state index in [1.165, 1.54) is 60.8 Å². The van der Waals surface area contributed by atoms with Crippen molar-refractivity contribution in [1.82, 2.24) is 9.88 Å². The third-order valence-corrected chi connectivity index (χ3v) is 7.54. The smallest absolute Gasteiger partial charge is 0.0568 e. The molecule has 0 radical (unpaired) electrons. The molecule has 1 aromatic heterocycles. The van der Waals surface area contributed by atoms with E-state index in [0.29, 0.717) is 0 Å². The normalized spacial score (nSPS) is 12.6. The highest BCUT2D eigenvalue weighted by atomic mass is 14.9. The minimum atomic E-state index is 0.0592. The molecule has 2 heteroatoms. The lowest BCUT2D eigenvalue weighted by Gasteiger charge is -2.21. The van der Waals surface area contributed by atoms with Crippen molar-refractivity contribution in [3.8, 4) is 11.1 Å². The molecular formula is C36H38N2. The predicted molar refractivity (Wildman–Crippen MR) is 166 cm³/mol. The van der Waals surface area contributed by atoms with Gasteiger partial charge in [0.25, 0.3) is 0 Å². The third-order valence-electron chi connectivity index (χ3n) is 7.54. The molecule has 0 saturated heterocycles. The Hall–Kier alpha value is -4.04. The number of nitrogens with zero attached hydrogens (tertiary/aromatic N) is 1. The van der Waals surface area contributed by atoms with Crippen LogP contribution < -0.4 is 5.32 Å². The minimum absolute atomic E-state index is 0.0592. The largest absolute Gasteiger partial charge is 0.393 e. The molecule has 0 aliphatic heterocycles. The van der Waals surface area contributed by atoms with Gasteiger partial charge in [0.2, 0.25) is 0 Å². The topological polar surface area (TPSA) is 17.0 Å². The van der Waals surface area contributed by atoms with Gasteiger partial charge in [0.1, 0.15) is 0 Å². The fraction of sp³-hybridized carbons (Fsp3) is 0.222. The summed E-state index contributed by atoms with van der Waals surface area (Å²) in [6.45, 7) is 9.15. The van der Waals surface area contributed by atoms with Gasteiger partial charge in [0.15, 0.2) is 0 Å². The van der Waals surface area contributed by atoms with Crippen LogP contribution in [0, 0.1) is 6.92 Å². The molecule has 38 heavy (non-hydrogen) atoms. The second kappa shape index (κ2) is 10.4. The van der Waals surface area contributed by atoms with Crippen molar-refractivity contribution in [3.05, 3.63) is 126 Å². The first-order chi connectivity index (χ1) is 18.3. The zero-order valence-electron chi connectivity index (χ0n) is 23.5. The van der Waals surface area contributed by atoms with E-state index in [-0.39, 0.29) is 5.41 Å². The molecule has 2 nitrogen and oxygen atoms in total. The van der Waals surface area contributed by atoms with Crippen LogP contribution in [-0.4, -0.2) is 11.6 Å². The van der Waals surface area contributed by atoms with Crippen molar-refractivity contribution in [3.63, 3.8) is 0 Å². The van der Waals surface area contributed by atoms with Gasteiger partial charge in [0.05, 0.1) is 5.52 Å². The second-order valence-electron chi connectivity index (χ2n) is 11.3. The molecule has 4 aromatic carbocycles. The maximum absolute atomic E-state index is 3.19. The van der Waals surface area contributed by atoms with Crippen LogP contribution in [-0.2, 0) is 18.9 Å². The summed E-state index contributed by atoms with van der Waals surface area (Å²) in [6, 6.07) is 30.9. The molecule has 1 N–H and O–H groups in total. The summed E-state index contributed by atoms with van der Waals surface area (Å²) in [6.07, 6.45) is 7.46. The zero-order valence-corrected chi connectivity index (χ0v) is 23.5. The van der Waals surface area contributed by atoms with E-state index in [4.69, 9.17) is 0 Å². The van der Waals surface area contributed by atoms with Gasteiger partial charge in [-0.1, -0.05) is 93.6 Å². The molecule has 5 aromatic rings. The van der Waals surface area contributed by atoms with Crippen molar-refractivity contribution >= 4 is 27.4 Å². The Morgan fingerprint density at radius 1 is 0.868 bits per heavy atom. The van der Waals surface area contributed by atoms with Gasteiger partial charge in [-0.05, 0) is 76.4 Å². The Morgan fingerprint density at radius 2 is 1.55 bits per heavy atom. The molecule has 0 bridgehead atoms. The summed E-state index contributed by atoms with van der Waals surface area (Å²) in [7, 11) is 4.16. The van der Waals surface area contributed by atoms with Gasteiger partial charge in [-0.2, -0.15) is 0 Å². The highest BCUT2D eigenvalue weighted by Gasteiger charge is 2.21. The first-order valence-electron chi connectivity index (χ1n) is 13.5. The number of fused-ring (bicyclic) bond motifs is 3. The van der Waals surface area contributed by atoms with Crippen LogP contribution in [0.15, 0.2) is 103 Å². The number of aryl methyl sites for hydroxylation is 2. The summed E-state index contributed by atoms with van der Waals surface area (Å²) >= 11 is 0. The summed E-state index contributed by atoms with van der Waals surface area (Å²) in [5.74, 6) is 0. The highest BCUT2D eigenvalue weighted by Crippen LogP contribution is 2.40. The van der Waals surface area contributed by atoms with Crippen LogP contribution in [0.25, 0.3) is 38.5 Å². The number of hydrogen-bond donors (Lipinski definition) is 1. The number of allylic oxidation sites excluding steroid dienone is 3. The average Bonchev–Trinajstić information content (AvgIpc) is 3.19. The van der Waals surface area contributed by atoms with Crippen LogP contribution in [0.4, 0.5) is 0 Å². The van der Waals surface area contributed by atoms with Gasteiger partial charge >= 0.3 is 0 Å². The standard InChI is InChI=1S/C36H38N2/c1-25-20-34-32(21-28(25)18-13-19-29(24-37-5)26-14-9-7-10-15-26)33-23-30(36(2,3)4)22-31(35(33)38(34)6)27-16-11-8-12-17-27/h7-17,19-24,37H,18H2,1-6H3/b19-13-,29-24+. The minimum Gasteiger partial charge on any atom is -0.393 e. The number of benzene rings is 4. The van der Waals surface area contributed by atoms with Crippen LogP contribution in [0.2, 0.25) is 0 Å². The maximum atomic E-state index is 3.19. The average molecular weight is 499 g/mol. The summed E-state index contributed by atoms with van der Waals surface area (Å²) in [5.41, 5.74) is 11.6. The molecule has 0 spiro atoms. The number of rotatable bonds is 6. The number of nitrogens with one attached hydrogen (secondary N) is 1. The van der Waals surface area contributed by atoms with Crippen LogP contribution in [0.5, 0.6) is 0 Å². The Balaban J connectivity index is 1.64. The summed E-state index contributed by atoms with van der Waals surface area (Å²) in [5, 5.41) is 5.85. The monoisotopic (exact) mass is 498 g/mol. The van der Waals surface area contributed by atoms with Gasteiger partial charge in [-0.15, -0.1) is 0 Å². The molecule has 1 heterocycles. The molecule has 0 fully saturated rings. The van der Waals surface area contributed by atoms with Crippen LogP contribution in [0.1, 0.15) is 43.0 Å². The fourth-order valence-electron chi connectivity index (χ4n) is 5.37. The third kappa shape index (κ3) is 4.91. The molecular weight excluding hydrogens is 460 g/mol. The molecule has 192 valence electrons. The Morgan fingerprint density at radius 3 is 2.21 bits per heavy atom. The van der Waals surface area contributed by atoms with E-state index in [1.807, 2.05) is 7.05 Å². The molecule has 0 atom stereocenters. The van der Waals surface area contributed by atoms with Crippen molar-refractivity contribution in [2.24, 2.45) is 7.05 Å². The Kier molecular flexibility index (Phi) is 6.99. The maximum Gasteiger partial charge on any atom is 0.0568 e. The van der Waals surface area contributed by atoms with Gasteiger partial charge in [-0.3, -0.25) is 0 Å². The first-order valence-corrected chi connectivity index (χ1v) is 13.5. The van der Waals surface area contributed by atoms with Crippen LogP contribution in [0.3, 0.4) is 0 Å². The van der Waals surface area contributed by atoms with E-state index in [9.17, 15) is 0 Å². The quantitative estimate of drug-likeness (QED) is 0.231. The van der Waals surface area contributed by atoms with E-state index < -0.39 is 0 Å². The molecule has 0 saturated carbocycles. The van der Waals surface area contributed by atoms with E-state index in [0.717, 1.165) is 6.42 Å². The van der Waals surface area contributed by atoms with E-state index in [1.54, 1.807) is 0 Å². The lowest BCUT2D eigenvalue weighted by Crippen LogP contribution is -2.11. The van der Waals surface area contributed by atoms with E-state index in [2.05, 4.69) is 148 Å². The molecule has 0 unspecified atom stereocenters. The van der Waals surface area contributed by atoms with Crippen molar-refractivity contribution < 1.29 is 0 Å². The molecule has 0 aliphatic rings. The predicted octanol–water partition coefficient (Wildman–Crippen LogP) is 8.96. The van der Waals surface area contributed by atoms with Crippen molar-refractivity contribution in [2.45, 2.75) is 39.5 Å². The van der Waals surface area contributed by atoms with E-state index >= 15 is 0 Å².